The predicted molar refractivity (Wildman–Crippen MR) is 89.5 cm³/mol. The lowest BCUT2D eigenvalue weighted by molar-refractivity contribution is 0.363. The average Bonchev–Trinajstić information content (AvgIpc) is 3.34. The molecule has 1 unspecified atom stereocenters. The Morgan fingerprint density at radius 3 is 2.72 bits per heavy atom. The SMILES string of the molecule is NC(c1ccon1)c1cc(-c2ccc(N3CCNCC3)c(F)c2)no1. The van der Waals surface area contributed by atoms with E-state index < -0.39 is 6.04 Å². The van der Waals surface area contributed by atoms with E-state index in [1.807, 2.05) is 11.0 Å². The van der Waals surface area contributed by atoms with Gasteiger partial charge in [0, 0.05) is 43.9 Å². The van der Waals surface area contributed by atoms with Gasteiger partial charge in [0.05, 0.1) is 5.69 Å². The van der Waals surface area contributed by atoms with Gasteiger partial charge in [-0.1, -0.05) is 16.4 Å². The van der Waals surface area contributed by atoms with Gasteiger partial charge in [0.15, 0.2) is 5.76 Å². The second-order valence-electron chi connectivity index (χ2n) is 5.92. The second kappa shape index (κ2) is 6.66. The molecule has 2 aromatic heterocycles. The van der Waals surface area contributed by atoms with Gasteiger partial charge >= 0.3 is 0 Å². The van der Waals surface area contributed by atoms with Gasteiger partial charge in [0.25, 0.3) is 0 Å². The first-order valence-corrected chi connectivity index (χ1v) is 8.10. The summed E-state index contributed by atoms with van der Waals surface area (Å²) in [6.07, 6.45) is 1.44. The van der Waals surface area contributed by atoms with Crippen molar-refractivity contribution in [1.82, 2.24) is 15.6 Å². The minimum absolute atomic E-state index is 0.273. The Morgan fingerprint density at radius 2 is 2.00 bits per heavy atom. The first kappa shape index (κ1) is 15.8. The van der Waals surface area contributed by atoms with E-state index in [4.69, 9.17) is 14.8 Å². The highest BCUT2D eigenvalue weighted by molar-refractivity contribution is 5.64. The van der Waals surface area contributed by atoms with Crippen LogP contribution in [0, 0.1) is 5.82 Å². The van der Waals surface area contributed by atoms with Gasteiger partial charge in [0.1, 0.15) is 29.5 Å². The van der Waals surface area contributed by atoms with Crippen LogP contribution in [0.25, 0.3) is 11.3 Å². The van der Waals surface area contributed by atoms with Crippen molar-refractivity contribution in [2.45, 2.75) is 6.04 Å². The molecule has 0 radical (unpaired) electrons. The summed E-state index contributed by atoms with van der Waals surface area (Å²) in [6.45, 7) is 3.29. The molecule has 3 aromatic rings. The summed E-state index contributed by atoms with van der Waals surface area (Å²) in [5.41, 5.74) is 8.38. The molecule has 0 aliphatic carbocycles. The normalized spacial score (nSPS) is 16.2. The highest BCUT2D eigenvalue weighted by Gasteiger charge is 2.19. The lowest BCUT2D eigenvalue weighted by atomic mass is 10.1. The Hall–Kier alpha value is -2.71. The summed E-state index contributed by atoms with van der Waals surface area (Å²) in [5, 5.41) is 11.0. The number of nitrogens with two attached hydrogens (primary N) is 1. The van der Waals surface area contributed by atoms with Crippen LogP contribution < -0.4 is 16.0 Å². The number of hydrogen-bond acceptors (Lipinski definition) is 7. The Labute approximate surface area is 143 Å². The molecule has 0 spiro atoms. The van der Waals surface area contributed by atoms with E-state index in [1.54, 1.807) is 18.2 Å². The summed E-state index contributed by atoms with van der Waals surface area (Å²) in [5.74, 6) is 0.167. The van der Waals surface area contributed by atoms with Crippen molar-refractivity contribution in [2.75, 3.05) is 31.1 Å². The number of halogens is 1. The van der Waals surface area contributed by atoms with Gasteiger partial charge < -0.3 is 25.0 Å². The highest BCUT2D eigenvalue weighted by Crippen LogP contribution is 2.28. The van der Waals surface area contributed by atoms with Crippen molar-refractivity contribution in [3.05, 3.63) is 53.9 Å². The number of nitrogens with one attached hydrogen (secondary N) is 1. The van der Waals surface area contributed by atoms with E-state index >= 15 is 0 Å². The van der Waals surface area contributed by atoms with Crippen molar-refractivity contribution < 1.29 is 13.4 Å². The minimum Gasteiger partial charge on any atom is -0.367 e. The molecular weight excluding hydrogens is 325 g/mol. The predicted octanol–water partition coefficient (Wildman–Crippen LogP) is 1.93. The number of piperazine rings is 1. The molecule has 1 saturated heterocycles. The molecule has 1 aliphatic heterocycles. The molecule has 1 aliphatic rings. The topological polar surface area (TPSA) is 93.3 Å². The molecule has 8 heteroatoms. The Balaban J connectivity index is 1.57. The van der Waals surface area contributed by atoms with E-state index in [0.29, 0.717) is 28.4 Å². The first-order chi connectivity index (χ1) is 12.2. The fraction of sp³-hybridized carbons (Fsp3) is 0.294. The van der Waals surface area contributed by atoms with Crippen molar-refractivity contribution in [3.63, 3.8) is 0 Å². The second-order valence-corrected chi connectivity index (χ2v) is 5.92. The molecule has 1 fully saturated rings. The van der Waals surface area contributed by atoms with Crippen LogP contribution in [-0.4, -0.2) is 36.5 Å². The van der Waals surface area contributed by atoms with Crippen LogP contribution in [0.5, 0.6) is 0 Å². The number of nitrogens with zero attached hydrogens (tertiary/aromatic N) is 3. The third kappa shape index (κ3) is 3.13. The number of hydrogen-bond donors (Lipinski definition) is 2. The van der Waals surface area contributed by atoms with Gasteiger partial charge in [-0.2, -0.15) is 0 Å². The zero-order chi connectivity index (χ0) is 17.2. The smallest absolute Gasteiger partial charge is 0.160 e. The molecule has 3 N–H and O–H groups in total. The van der Waals surface area contributed by atoms with Crippen molar-refractivity contribution in [3.8, 4) is 11.3 Å². The Bertz CT molecular complexity index is 843. The highest BCUT2D eigenvalue weighted by atomic mass is 19.1. The maximum Gasteiger partial charge on any atom is 0.160 e. The van der Waals surface area contributed by atoms with Gasteiger partial charge in [-0.3, -0.25) is 0 Å². The van der Waals surface area contributed by atoms with E-state index in [2.05, 4.69) is 15.6 Å². The van der Waals surface area contributed by atoms with Gasteiger partial charge in [-0.25, -0.2) is 4.39 Å². The van der Waals surface area contributed by atoms with Crippen LogP contribution in [0.1, 0.15) is 17.5 Å². The van der Waals surface area contributed by atoms with E-state index in [1.165, 1.54) is 12.3 Å². The van der Waals surface area contributed by atoms with Crippen molar-refractivity contribution in [2.24, 2.45) is 5.73 Å². The largest absolute Gasteiger partial charge is 0.367 e. The zero-order valence-electron chi connectivity index (χ0n) is 13.5. The molecular formula is C17H18FN5O2. The molecule has 7 nitrogen and oxygen atoms in total. The quantitative estimate of drug-likeness (QED) is 0.747. The number of aromatic nitrogens is 2. The van der Waals surface area contributed by atoms with Gasteiger partial charge in [-0.15, -0.1) is 0 Å². The Kier molecular flexibility index (Phi) is 4.21. The lowest BCUT2D eigenvalue weighted by Crippen LogP contribution is -2.43. The fourth-order valence-electron chi connectivity index (χ4n) is 2.93. The summed E-state index contributed by atoms with van der Waals surface area (Å²) in [4.78, 5) is 2.03. The van der Waals surface area contributed by atoms with E-state index in [0.717, 1.165) is 26.2 Å². The van der Waals surface area contributed by atoms with E-state index in [9.17, 15) is 4.39 Å². The molecule has 1 aromatic carbocycles. The number of anilines is 1. The van der Waals surface area contributed by atoms with Crippen LogP contribution in [0.3, 0.4) is 0 Å². The van der Waals surface area contributed by atoms with Gasteiger partial charge in [0.2, 0.25) is 0 Å². The monoisotopic (exact) mass is 343 g/mol. The maximum absolute atomic E-state index is 14.5. The molecule has 1 atom stereocenters. The molecule has 3 heterocycles. The van der Waals surface area contributed by atoms with Crippen LogP contribution in [0.4, 0.5) is 10.1 Å². The summed E-state index contributed by atoms with van der Waals surface area (Å²) < 4.78 is 24.6. The van der Waals surface area contributed by atoms with Gasteiger partial charge in [-0.05, 0) is 12.1 Å². The molecule has 130 valence electrons. The minimum atomic E-state index is -0.579. The summed E-state index contributed by atoms with van der Waals surface area (Å²) in [7, 11) is 0. The third-order valence-corrected chi connectivity index (χ3v) is 4.31. The average molecular weight is 343 g/mol. The fourth-order valence-corrected chi connectivity index (χ4v) is 2.93. The van der Waals surface area contributed by atoms with Crippen LogP contribution in [0.15, 0.2) is 45.6 Å². The first-order valence-electron chi connectivity index (χ1n) is 8.10. The number of rotatable bonds is 4. The summed E-state index contributed by atoms with van der Waals surface area (Å²) in [6, 6.07) is 7.87. The molecule has 0 bridgehead atoms. The van der Waals surface area contributed by atoms with Crippen LogP contribution in [0.2, 0.25) is 0 Å². The molecule has 0 amide bonds. The number of benzene rings is 1. The zero-order valence-corrected chi connectivity index (χ0v) is 13.5. The third-order valence-electron chi connectivity index (χ3n) is 4.31. The lowest BCUT2D eigenvalue weighted by Gasteiger charge is -2.29. The Morgan fingerprint density at radius 1 is 1.16 bits per heavy atom. The van der Waals surface area contributed by atoms with Crippen molar-refractivity contribution in [1.29, 1.82) is 0 Å². The molecule has 25 heavy (non-hydrogen) atoms. The van der Waals surface area contributed by atoms with E-state index in [-0.39, 0.29) is 5.82 Å². The standard InChI is InChI=1S/C17H18FN5O2/c18-12-9-11(1-2-15(12)23-6-4-20-5-7-23)14-10-16(25-22-14)17(19)13-3-8-24-21-13/h1-3,8-10,17,20H,4-7,19H2. The van der Waals surface area contributed by atoms with Crippen LogP contribution >= 0.6 is 0 Å². The molecule has 4 rings (SSSR count). The van der Waals surface area contributed by atoms with Crippen molar-refractivity contribution >= 4 is 5.69 Å². The van der Waals surface area contributed by atoms with Crippen LogP contribution in [-0.2, 0) is 0 Å². The molecule has 0 saturated carbocycles. The summed E-state index contributed by atoms with van der Waals surface area (Å²) >= 11 is 0. The maximum atomic E-state index is 14.5.